The van der Waals surface area contributed by atoms with Gasteiger partial charge in [-0.2, -0.15) is 0 Å². The van der Waals surface area contributed by atoms with Gasteiger partial charge >= 0.3 is 5.97 Å². The third-order valence-electron chi connectivity index (χ3n) is 3.66. The molecule has 1 aromatic rings. The molecule has 1 fully saturated rings. The lowest BCUT2D eigenvalue weighted by Crippen LogP contribution is -2.51. The fraction of sp³-hybridized carbons (Fsp3) is 0.412. The molecule has 1 aliphatic heterocycles. The van der Waals surface area contributed by atoms with Crippen molar-refractivity contribution in [3.05, 3.63) is 36.0 Å². The lowest BCUT2D eigenvalue weighted by molar-refractivity contribution is -0.147. The topological polar surface area (TPSA) is 68.8 Å². The van der Waals surface area contributed by atoms with Crippen LogP contribution in [0, 0.1) is 5.92 Å². The molecule has 0 amide bonds. The number of esters is 1. The summed E-state index contributed by atoms with van der Waals surface area (Å²) in [6.45, 7) is 8.42. The predicted octanol–water partition coefficient (Wildman–Crippen LogP) is 2.31. The van der Waals surface area contributed by atoms with Crippen LogP contribution in [0.4, 0.5) is 0 Å². The standard InChI is InChI=1S/C17H22N2O4S/c1-5-22-12-8-7-11(9-13(12)21-4)15-14(16(20)23-6-2)10(3)18-17(24)19-15/h7-9,14-15H,3,5-6H2,1-2,4H3,(H2,18,19,24). The summed E-state index contributed by atoms with van der Waals surface area (Å²) in [6.07, 6.45) is 0. The number of ether oxygens (including phenoxy) is 3. The highest BCUT2D eigenvalue weighted by Gasteiger charge is 2.38. The van der Waals surface area contributed by atoms with Crippen LogP contribution in [-0.4, -0.2) is 31.4 Å². The summed E-state index contributed by atoms with van der Waals surface area (Å²) in [7, 11) is 1.57. The molecule has 0 bridgehead atoms. The normalized spacial score (nSPS) is 20.0. The second-order valence-electron chi connectivity index (χ2n) is 5.17. The fourth-order valence-corrected chi connectivity index (χ4v) is 2.88. The minimum atomic E-state index is -0.598. The van der Waals surface area contributed by atoms with Gasteiger partial charge in [-0.25, -0.2) is 0 Å². The molecular weight excluding hydrogens is 328 g/mol. The molecule has 1 aliphatic rings. The number of benzene rings is 1. The average molecular weight is 350 g/mol. The van der Waals surface area contributed by atoms with Gasteiger partial charge in [0.2, 0.25) is 0 Å². The molecule has 7 heteroatoms. The molecule has 1 aromatic carbocycles. The highest BCUT2D eigenvalue weighted by Crippen LogP contribution is 2.35. The minimum Gasteiger partial charge on any atom is -0.493 e. The summed E-state index contributed by atoms with van der Waals surface area (Å²) in [5.74, 6) is 0.280. The van der Waals surface area contributed by atoms with Crippen LogP contribution < -0.4 is 20.1 Å². The molecule has 1 saturated heterocycles. The Balaban J connectivity index is 2.39. The van der Waals surface area contributed by atoms with Crippen molar-refractivity contribution < 1.29 is 19.0 Å². The SMILES string of the molecule is C=C1NC(=S)NC(c2ccc(OCC)c(OC)c2)C1C(=O)OCC. The molecule has 2 unspecified atom stereocenters. The van der Waals surface area contributed by atoms with E-state index in [1.54, 1.807) is 14.0 Å². The van der Waals surface area contributed by atoms with Gasteiger partial charge < -0.3 is 24.8 Å². The first-order valence-electron chi connectivity index (χ1n) is 7.75. The van der Waals surface area contributed by atoms with E-state index in [1.165, 1.54) is 0 Å². The van der Waals surface area contributed by atoms with Crippen molar-refractivity contribution >= 4 is 23.3 Å². The lowest BCUT2D eigenvalue weighted by atomic mass is 9.89. The van der Waals surface area contributed by atoms with E-state index in [2.05, 4.69) is 17.2 Å². The van der Waals surface area contributed by atoms with Crippen LogP contribution in [0.1, 0.15) is 25.5 Å². The van der Waals surface area contributed by atoms with Crippen molar-refractivity contribution in [1.82, 2.24) is 10.6 Å². The monoisotopic (exact) mass is 350 g/mol. The Bertz CT molecular complexity index is 647. The van der Waals surface area contributed by atoms with Gasteiger partial charge in [0, 0.05) is 5.70 Å². The average Bonchev–Trinajstić information content (AvgIpc) is 2.54. The van der Waals surface area contributed by atoms with Crippen molar-refractivity contribution in [3.8, 4) is 11.5 Å². The summed E-state index contributed by atoms with van der Waals surface area (Å²) in [4.78, 5) is 12.4. The Hall–Kier alpha value is -2.28. The number of nitrogens with one attached hydrogen (secondary N) is 2. The highest BCUT2D eigenvalue weighted by molar-refractivity contribution is 7.80. The second-order valence-corrected chi connectivity index (χ2v) is 5.58. The minimum absolute atomic E-state index is 0.298. The van der Waals surface area contributed by atoms with E-state index in [0.29, 0.717) is 35.5 Å². The predicted molar refractivity (Wildman–Crippen MR) is 95.0 cm³/mol. The molecule has 2 rings (SSSR count). The molecule has 2 N–H and O–H groups in total. The Morgan fingerprint density at radius 3 is 2.67 bits per heavy atom. The summed E-state index contributed by atoms with van der Waals surface area (Å²) in [5, 5.41) is 6.43. The van der Waals surface area contributed by atoms with Gasteiger partial charge in [-0.1, -0.05) is 12.6 Å². The van der Waals surface area contributed by atoms with Gasteiger partial charge in [0.1, 0.15) is 5.92 Å². The smallest absolute Gasteiger partial charge is 0.317 e. The Labute approximate surface area is 147 Å². The molecule has 0 aromatic heterocycles. The Morgan fingerprint density at radius 1 is 1.29 bits per heavy atom. The van der Waals surface area contributed by atoms with Crippen LogP contribution in [-0.2, 0) is 9.53 Å². The third-order valence-corrected chi connectivity index (χ3v) is 3.88. The van der Waals surface area contributed by atoms with E-state index in [1.807, 2.05) is 25.1 Å². The molecule has 1 heterocycles. The molecule has 24 heavy (non-hydrogen) atoms. The van der Waals surface area contributed by atoms with Gasteiger partial charge in [0.15, 0.2) is 16.6 Å². The fourth-order valence-electron chi connectivity index (χ4n) is 2.62. The number of hydrogen-bond donors (Lipinski definition) is 2. The first-order valence-corrected chi connectivity index (χ1v) is 8.16. The van der Waals surface area contributed by atoms with Crippen LogP contribution in [0.15, 0.2) is 30.5 Å². The number of rotatable bonds is 6. The summed E-state index contributed by atoms with van der Waals surface area (Å²) in [6, 6.07) is 5.12. The molecule has 130 valence electrons. The maximum absolute atomic E-state index is 12.4. The number of methoxy groups -OCH3 is 1. The van der Waals surface area contributed by atoms with Crippen LogP contribution in [0.5, 0.6) is 11.5 Å². The van der Waals surface area contributed by atoms with Gasteiger partial charge in [-0.05, 0) is 43.8 Å². The third kappa shape index (κ3) is 3.79. The number of carbonyl (C=O) groups is 1. The molecule has 2 atom stereocenters. The van der Waals surface area contributed by atoms with Crippen molar-refractivity contribution in [1.29, 1.82) is 0 Å². The summed E-state index contributed by atoms with van der Waals surface area (Å²) < 4.78 is 16.1. The van der Waals surface area contributed by atoms with E-state index in [9.17, 15) is 4.79 Å². The zero-order valence-corrected chi connectivity index (χ0v) is 14.9. The van der Waals surface area contributed by atoms with Crippen molar-refractivity contribution in [3.63, 3.8) is 0 Å². The van der Waals surface area contributed by atoms with Crippen LogP contribution in [0.25, 0.3) is 0 Å². The maximum Gasteiger partial charge on any atom is 0.317 e. The van der Waals surface area contributed by atoms with E-state index in [0.717, 1.165) is 5.56 Å². The summed E-state index contributed by atoms with van der Waals surface area (Å²) >= 11 is 5.20. The van der Waals surface area contributed by atoms with Gasteiger partial charge in [0.25, 0.3) is 0 Å². The second kappa shape index (κ2) is 8.01. The lowest BCUT2D eigenvalue weighted by Gasteiger charge is -2.35. The molecule has 0 radical (unpaired) electrons. The van der Waals surface area contributed by atoms with Crippen molar-refractivity contribution in [2.75, 3.05) is 20.3 Å². The first kappa shape index (κ1) is 18.1. The number of hydrogen-bond acceptors (Lipinski definition) is 5. The molecule has 0 aliphatic carbocycles. The number of carbonyl (C=O) groups excluding carboxylic acids is 1. The quantitative estimate of drug-likeness (QED) is 0.603. The van der Waals surface area contributed by atoms with E-state index < -0.39 is 12.0 Å². The molecular formula is C17H22N2O4S. The van der Waals surface area contributed by atoms with Crippen LogP contribution in [0.3, 0.4) is 0 Å². The molecule has 0 spiro atoms. The van der Waals surface area contributed by atoms with Crippen LogP contribution in [0.2, 0.25) is 0 Å². The zero-order valence-electron chi connectivity index (χ0n) is 14.0. The van der Waals surface area contributed by atoms with E-state index >= 15 is 0 Å². The van der Waals surface area contributed by atoms with Crippen molar-refractivity contribution in [2.24, 2.45) is 5.92 Å². The number of thiocarbonyl (C=S) groups is 1. The Morgan fingerprint density at radius 2 is 2.04 bits per heavy atom. The maximum atomic E-state index is 12.4. The zero-order chi connectivity index (χ0) is 17.7. The van der Waals surface area contributed by atoms with Crippen LogP contribution >= 0.6 is 12.2 Å². The van der Waals surface area contributed by atoms with Gasteiger partial charge in [0.05, 0.1) is 26.4 Å². The highest BCUT2D eigenvalue weighted by atomic mass is 32.1. The largest absolute Gasteiger partial charge is 0.493 e. The molecule has 0 saturated carbocycles. The first-order chi connectivity index (χ1) is 11.5. The molecule has 6 nitrogen and oxygen atoms in total. The summed E-state index contributed by atoms with van der Waals surface area (Å²) in [5.41, 5.74) is 1.34. The van der Waals surface area contributed by atoms with E-state index in [-0.39, 0.29) is 5.97 Å². The van der Waals surface area contributed by atoms with Gasteiger partial charge in [-0.3, -0.25) is 4.79 Å². The van der Waals surface area contributed by atoms with Gasteiger partial charge in [-0.15, -0.1) is 0 Å². The van der Waals surface area contributed by atoms with Crippen molar-refractivity contribution in [2.45, 2.75) is 19.9 Å². The Kier molecular flexibility index (Phi) is 6.03. The van der Waals surface area contributed by atoms with E-state index in [4.69, 9.17) is 26.4 Å².